The number of carbonyl (C=O) groups excluding carboxylic acids is 1. The van der Waals surface area contributed by atoms with Crippen LogP contribution >= 0.6 is 23.2 Å². The molecular weight excluding hydrogens is 321 g/mol. The quantitative estimate of drug-likeness (QED) is 0.711. The number of hydrogen-bond acceptors (Lipinski definition) is 4. The normalized spacial score (nSPS) is 10.2. The zero-order chi connectivity index (χ0) is 15.8. The van der Waals surface area contributed by atoms with E-state index in [1.54, 1.807) is 7.11 Å². The van der Waals surface area contributed by atoms with Crippen LogP contribution in [0.4, 0.5) is 0 Å². The van der Waals surface area contributed by atoms with Gasteiger partial charge in [-0.05, 0) is 18.6 Å². The lowest BCUT2D eigenvalue weighted by atomic mass is 10.2. The second kappa shape index (κ2) is 8.71. The van der Waals surface area contributed by atoms with Crippen LogP contribution in [0.15, 0.2) is 12.1 Å². The lowest BCUT2D eigenvalue weighted by Gasteiger charge is -2.11. The number of nitrogens with one attached hydrogen (secondary N) is 1. The molecule has 1 aromatic carbocycles. The van der Waals surface area contributed by atoms with Crippen LogP contribution in [0.25, 0.3) is 0 Å². The van der Waals surface area contributed by atoms with Crippen LogP contribution in [0.2, 0.25) is 10.0 Å². The standard InChI is InChI=1S/C13H15Cl2NO5/c1-20-4-2-3-16-11(17)7-21-12-9(14)5-8(13(18)19)6-10(12)15/h5-6H,2-4,7H2,1H3,(H,16,17)(H,18,19). The van der Waals surface area contributed by atoms with Crippen LogP contribution < -0.4 is 10.1 Å². The van der Waals surface area contributed by atoms with Gasteiger partial charge >= 0.3 is 5.97 Å². The summed E-state index contributed by atoms with van der Waals surface area (Å²) in [5, 5.41) is 11.6. The predicted molar refractivity (Wildman–Crippen MR) is 78.4 cm³/mol. The fourth-order valence-corrected chi connectivity index (χ4v) is 2.05. The Labute approximate surface area is 131 Å². The smallest absolute Gasteiger partial charge is 0.335 e. The van der Waals surface area contributed by atoms with Crippen LogP contribution in [-0.2, 0) is 9.53 Å². The Bertz CT molecular complexity index is 498. The largest absolute Gasteiger partial charge is 0.481 e. The van der Waals surface area contributed by atoms with Gasteiger partial charge in [0, 0.05) is 20.3 Å². The maximum absolute atomic E-state index is 11.5. The molecule has 8 heteroatoms. The molecule has 0 saturated heterocycles. The first kappa shape index (κ1) is 17.6. The Morgan fingerprint density at radius 2 is 1.90 bits per heavy atom. The molecule has 116 valence electrons. The first-order chi connectivity index (χ1) is 9.95. The number of amides is 1. The Balaban J connectivity index is 2.55. The minimum atomic E-state index is -1.15. The SMILES string of the molecule is COCCCNC(=O)COc1c(Cl)cc(C(=O)O)cc1Cl. The first-order valence-electron chi connectivity index (χ1n) is 6.06. The van der Waals surface area contributed by atoms with E-state index in [1.807, 2.05) is 0 Å². The summed E-state index contributed by atoms with van der Waals surface area (Å²) < 4.78 is 10.1. The van der Waals surface area contributed by atoms with Gasteiger partial charge in [0.25, 0.3) is 5.91 Å². The van der Waals surface area contributed by atoms with Gasteiger partial charge in [-0.25, -0.2) is 4.79 Å². The maximum Gasteiger partial charge on any atom is 0.335 e. The molecule has 2 N–H and O–H groups in total. The minimum Gasteiger partial charge on any atom is -0.481 e. The van der Waals surface area contributed by atoms with Crippen LogP contribution in [-0.4, -0.2) is 43.9 Å². The molecule has 0 saturated carbocycles. The minimum absolute atomic E-state index is 0.0343. The van der Waals surface area contributed by atoms with Crippen LogP contribution in [0, 0.1) is 0 Å². The highest BCUT2D eigenvalue weighted by Crippen LogP contribution is 2.34. The molecule has 0 radical (unpaired) electrons. The molecule has 21 heavy (non-hydrogen) atoms. The highest BCUT2D eigenvalue weighted by molar-refractivity contribution is 6.37. The molecule has 0 fully saturated rings. The number of carbonyl (C=O) groups is 2. The summed E-state index contributed by atoms with van der Waals surface area (Å²) in [7, 11) is 1.58. The molecule has 0 aromatic heterocycles. The molecule has 1 aromatic rings. The molecule has 0 unspecified atom stereocenters. The second-order valence-corrected chi connectivity index (χ2v) is 4.87. The number of aromatic carboxylic acids is 1. The van der Waals surface area contributed by atoms with Crippen LogP contribution in [0.3, 0.4) is 0 Å². The molecular formula is C13H15Cl2NO5. The lowest BCUT2D eigenvalue weighted by Crippen LogP contribution is -2.30. The molecule has 0 spiro atoms. The van der Waals surface area contributed by atoms with Crippen molar-refractivity contribution >= 4 is 35.1 Å². The van der Waals surface area contributed by atoms with Crippen molar-refractivity contribution in [1.29, 1.82) is 0 Å². The van der Waals surface area contributed by atoms with Crippen molar-refractivity contribution in [2.75, 3.05) is 26.9 Å². The van der Waals surface area contributed by atoms with Crippen molar-refractivity contribution in [3.63, 3.8) is 0 Å². The van der Waals surface area contributed by atoms with E-state index in [2.05, 4.69) is 5.32 Å². The summed E-state index contributed by atoms with van der Waals surface area (Å²) in [6.45, 7) is 0.754. The van der Waals surface area contributed by atoms with Gasteiger partial charge in [-0.1, -0.05) is 23.2 Å². The van der Waals surface area contributed by atoms with E-state index in [4.69, 9.17) is 37.8 Å². The fraction of sp³-hybridized carbons (Fsp3) is 0.385. The molecule has 0 bridgehead atoms. The monoisotopic (exact) mass is 335 g/mol. The number of rotatable bonds is 8. The number of carboxylic acid groups (broad SMARTS) is 1. The van der Waals surface area contributed by atoms with Crippen molar-refractivity contribution < 1.29 is 24.2 Å². The number of ether oxygens (including phenoxy) is 2. The third-order valence-corrected chi connectivity index (χ3v) is 3.00. The molecule has 0 aliphatic carbocycles. The number of hydrogen-bond donors (Lipinski definition) is 2. The average molecular weight is 336 g/mol. The summed E-state index contributed by atoms with van der Waals surface area (Å²) >= 11 is 11.8. The summed E-state index contributed by atoms with van der Waals surface area (Å²) in [6.07, 6.45) is 0.692. The third-order valence-electron chi connectivity index (χ3n) is 2.44. The number of methoxy groups -OCH3 is 1. The van der Waals surface area contributed by atoms with E-state index >= 15 is 0 Å². The van der Waals surface area contributed by atoms with Gasteiger partial charge in [0.1, 0.15) is 0 Å². The van der Waals surface area contributed by atoms with E-state index in [-0.39, 0.29) is 33.9 Å². The van der Waals surface area contributed by atoms with Gasteiger partial charge in [-0.3, -0.25) is 4.79 Å². The van der Waals surface area contributed by atoms with E-state index in [0.717, 1.165) is 0 Å². The number of halogens is 2. The van der Waals surface area contributed by atoms with E-state index in [9.17, 15) is 9.59 Å². The van der Waals surface area contributed by atoms with Crippen molar-refractivity contribution in [2.24, 2.45) is 0 Å². The Kier molecular flexibility index (Phi) is 7.28. The van der Waals surface area contributed by atoms with Crippen molar-refractivity contribution in [3.8, 4) is 5.75 Å². The summed E-state index contributed by atoms with van der Waals surface area (Å²) in [4.78, 5) is 22.3. The maximum atomic E-state index is 11.5. The summed E-state index contributed by atoms with van der Waals surface area (Å²) in [5.41, 5.74) is -0.0543. The predicted octanol–water partition coefficient (Wildman–Crippen LogP) is 2.22. The molecule has 0 aliphatic heterocycles. The molecule has 0 aliphatic rings. The average Bonchev–Trinajstić information content (AvgIpc) is 2.42. The second-order valence-electron chi connectivity index (χ2n) is 4.06. The zero-order valence-electron chi connectivity index (χ0n) is 11.3. The van der Waals surface area contributed by atoms with Crippen LogP contribution in [0.1, 0.15) is 16.8 Å². The summed E-state index contributed by atoms with van der Waals surface area (Å²) in [5.74, 6) is -1.41. The molecule has 0 heterocycles. The molecule has 0 atom stereocenters. The van der Waals surface area contributed by atoms with Crippen molar-refractivity contribution in [3.05, 3.63) is 27.7 Å². The Morgan fingerprint density at radius 1 is 1.29 bits per heavy atom. The molecule has 1 amide bonds. The fourth-order valence-electron chi connectivity index (χ4n) is 1.45. The highest BCUT2D eigenvalue weighted by atomic mass is 35.5. The molecule has 6 nitrogen and oxygen atoms in total. The molecule has 1 rings (SSSR count). The van der Waals surface area contributed by atoms with E-state index in [1.165, 1.54) is 12.1 Å². The Morgan fingerprint density at radius 3 is 2.43 bits per heavy atom. The topological polar surface area (TPSA) is 84.9 Å². The zero-order valence-corrected chi connectivity index (χ0v) is 12.8. The lowest BCUT2D eigenvalue weighted by molar-refractivity contribution is -0.123. The Hall–Kier alpha value is -1.50. The first-order valence-corrected chi connectivity index (χ1v) is 6.82. The number of carboxylic acids is 1. The highest BCUT2D eigenvalue weighted by Gasteiger charge is 2.14. The van der Waals surface area contributed by atoms with Gasteiger partial charge in [0.05, 0.1) is 15.6 Å². The van der Waals surface area contributed by atoms with Gasteiger partial charge in [-0.2, -0.15) is 0 Å². The van der Waals surface area contributed by atoms with Gasteiger partial charge in [0.15, 0.2) is 12.4 Å². The van der Waals surface area contributed by atoms with Gasteiger partial charge < -0.3 is 19.9 Å². The summed E-state index contributed by atoms with van der Waals surface area (Å²) in [6, 6.07) is 2.42. The number of benzene rings is 1. The van der Waals surface area contributed by atoms with Gasteiger partial charge in [0.2, 0.25) is 0 Å². The van der Waals surface area contributed by atoms with E-state index in [0.29, 0.717) is 19.6 Å². The third kappa shape index (κ3) is 5.79. The van der Waals surface area contributed by atoms with Crippen LogP contribution in [0.5, 0.6) is 5.75 Å². The van der Waals surface area contributed by atoms with Crippen molar-refractivity contribution in [1.82, 2.24) is 5.32 Å². The van der Waals surface area contributed by atoms with Crippen molar-refractivity contribution in [2.45, 2.75) is 6.42 Å². The van der Waals surface area contributed by atoms with Gasteiger partial charge in [-0.15, -0.1) is 0 Å². The van der Waals surface area contributed by atoms with E-state index < -0.39 is 5.97 Å².